The van der Waals surface area contributed by atoms with Gasteiger partial charge in [-0.05, 0) is 49.7 Å². The van der Waals surface area contributed by atoms with Gasteiger partial charge in [-0.2, -0.15) is 0 Å². The van der Waals surface area contributed by atoms with Crippen LogP contribution in [0.5, 0.6) is 0 Å². The number of ether oxygens (including phenoxy) is 1. The number of nitrogens with one attached hydrogen (secondary N) is 2. The van der Waals surface area contributed by atoms with Gasteiger partial charge in [0, 0.05) is 11.4 Å². The first kappa shape index (κ1) is 20.5. The lowest BCUT2D eigenvalue weighted by Crippen LogP contribution is -2.18. The minimum atomic E-state index is -0.434. The normalized spacial score (nSPS) is 10.1. The first-order valence-electron chi connectivity index (χ1n) is 8.49. The fourth-order valence-corrected chi connectivity index (χ4v) is 2.91. The molecule has 142 valence electrons. The van der Waals surface area contributed by atoms with Gasteiger partial charge in [-0.3, -0.25) is 9.59 Å². The van der Waals surface area contributed by atoms with Gasteiger partial charge < -0.3 is 15.4 Å². The van der Waals surface area contributed by atoms with Gasteiger partial charge in [0.2, 0.25) is 11.8 Å². The van der Waals surface area contributed by atoms with Crippen molar-refractivity contribution in [2.24, 2.45) is 0 Å². The molecule has 0 heterocycles. The van der Waals surface area contributed by atoms with Crippen LogP contribution in [0.25, 0.3) is 0 Å². The van der Waals surface area contributed by atoms with Crippen LogP contribution in [-0.4, -0.2) is 35.9 Å². The Bertz CT molecular complexity index is 823. The van der Waals surface area contributed by atoms with Crippen LogP contribution >= 0.6 is 11.8 Å². The van der Waals surface area contributed by atoms with Gasteiger partial charge in [-0.15, -0.1) is 11.8 Å². The Kier molecular flexibility index (Phi) is 7.88. The van der Waals surface area contributed by atoms with E-state index in [2.05, 4.69) is 10.6 Å². The van der Waals surface area contributed by atoms with Crippen molar-refractivity contribution in [2.75, 3.05) is 28.7 Å². The van der Waals surface area contributed by atoms with Crippen molar-refractivity contribution in [2.45, 2.75) is 13.8 Å². The number of rotatable bonds is 8. The molecule has 2 N–H and O–H groups in total. The van der Waals surface area contributed by atoms with Crippen molar-refractivity contribution in [1.82, 2.24) is 0 Å². The molecule has 7 heteroatoms. The summed E-state index contributed by atoms with van der Waals surface area (Å²) >= 11 is 1.22. The highest BCUT2D eigenvalue weighted by Gasteiger charge is 2.10. The van der Waals surface area contributed by atoms with E-state index in [1.54, 1.807) is 31.2 Å². The molecule has 0 fully saturated rings. The average molecular weight is 386 g/mol. The zero-order chi connectivity index (χ0) is 19.6. The van der Waals surface area contributed by atoms with Gasteiger partial charge in [0.25, 0.3) is 0 Å². The second kappa shape index (κ2) is 10.4. The smallest absolute Gasteiger partial charge is 0.338 e. The lowest BCUT2D eigenvalue weighted by Gasteiger charge is -2.08. The highest BCUT2D eigenvalue weighted by Crippen LogP contribution is 2.13. The molecule has 2 amide bonds. The topological polar surface area (TPSA) is 84.5 Å². The lowest BCUT2D eigenvalue weighted by molar-refractivity contribution is -0.114. The molecular formula is C20H22N2O4S. The molecule has 0 radical (unpaired) electrons. The van der Waals surface area contributed by atoms with E-state index in [1.807, 2.05) is 31.2 Å². The number of benzene rings is 2. The minimum Gasteiger partial charge on any atom is -0.462 e. The third-order valence-electron chi connectivity index (χ3n) is 3.43. The van der Waals surface area contributed by atoms with Gasteiger partial charge in [-0.25, -0.2) is 4.79 Å². The standard InChI is InChI=1S/C20H22N2O4S/c1-3-26-20(25)15-7-5-9-17(11-15)22-19(24)13-27-12-18(23)21-16-8-4-6-14(2)10-16/h4-11H,3,12-13H2,1-2H3,(H,21,23)(H,22,24). The van der Waals surface area contributed by atoms with Crippen molar-refractivity contribution in [3.8, 4) is 0 Å². The van der Waals surface area contributed by atoms with Crippen LogP contribution in [0, 0.1) is 6.92 Å². The van der Waals surface area contributed by atoms with Gasteiger partial charge in [0.05, 0.1) is 23.7 Å². The zero-order valence-electron chi connectivity index (χ0n) is 15.3. The van der Waals surface area contributed by atoms with Gasteiger partial charge in [0.1, 0.15) is 0 Å². The Labute approximate surface area is 162 Å². The Morgan fingerprint density at radius 2 is 1.52 bits per heavy atom. The molecule has 6 nitrogen and oxygen atoms in total. The summed E-state index contributed by atoms with van der Waals surface area (Å²) in [6.07, 6.45) is 0. The molecule has 2 aromatic rings. The number of carbonyl (C=O) groups excluding carboxylic acids is 3. The summed E-state index contributed by atoms with van der Waals surface area (Å²) in [5, 5.41) is 5.51. The molecule has 27 heavy (non-hydrogen) atoms. The predicted molar refractivity (Wildman–Crippen MR) is 108 cm³/mol. The number of esters is 1. The van der Waals surface area contributed by atoms with Crippen molar-refractivity contribution in [3.63, 3.8) is 0 Å². The average Bonchev–Trinajstić information content (AvgIpc) is 2.62. The molecule has 0 unspecified atom stereocenters. The molecule has 0 aromatic heterocycles. The maximum Gasteiger partial charge on any atom is 0.338 e. The number of amides is 2. The molecule has 2 rings (SSSR count). The van der Waals surface area contributed by atoms with Crippen molar-refractivity contribution >= 4 is 40.9 Å². The monoisotopic (exact) mass is 386 g/mol. The second-order valence-corrected chi connectivity index (χ2v) is 6.75. The largest absolute Gasteiger partial charge is 0.462 e. The fraction of sp³-hybridized carbons (Fsp3) is 0.250. The molecule has 0 aliphatic rings. The number of carbonyl (C=O) groups is 3. The minimum absolute atomic E-state index is 0.130. The van der Waals surface area contributed by atoms with E-state index in [0.29, 0.717) is 11.3 Å². The summed E-state index contributed by atoms with van der Waals surface area (Å²) in [6, 6.07) is 14.1. The maximum absolute atomic E-state index is 12.0. The van der Waals surface area contributed by atoms with Gasteiger partial charge in [0.15, 0.2) is 0 Å². The van der Waals surface area contributed by atoms with E-state index in [4.69, 9.17) is 4.74 Å². The molecule has 2 aromatic carbocycles. The van der Waals surface area contributed by atoms with Gasteiger partial charge in [-0.1, -0.05) is 18.2 Å². The van der Waals surface area contributed by atoms with E-state index in [-0.39, 0.29) is 29.9 Å². The molecule has 0 spiro atoms. The van der Waals surface area contributed by atoms with Crippen LogP contribution in [0.2, 0.25) is 0 Å². The number of hydrogen-bond acceptors (Lipinski definition) is 5. The summed E-state index contributed by atoms with van der Waals surface area (Å²) in [5.74, 6) is -0.544. The molecule has 0 aliphatic heterocycles. The zero-order valence-corrected chi connectivity index (χ0v) is 16.1. The lowest BCUT2D eigenvalue weighted by atomic mass is 10.2. The van der Waals surface area contributed by atoms with Crippen molar-refractivity contribution < 1.29 is 19.1 Å². The van der Waals surface area contributed by atoms with Gasteiger partial charge >= 0.3 is 5.97 Å². The van der Waals surface area contributed by atoms with E-state index in [9.17, 15) is 14.4 Å². The third kappa shape index (κ3) is 7.15. The summed E-state index contributed by atoms with van der Waals surface area (Å²) in [4.78, 5) is 35.7. The molecule has 0 saturated carbocycles. The van der Waals surface area contributed by atoms with E-state index in [1.165, 1.54) is 11.8 Å². The Morgan fingerprint density at radius 3 is 2.11 bits per heavy atom. The van der Waals surface area contributed by atoms with Crippen LogP contribution in [0.4, 0.5) is 11.4 Å². The van der Waals surface area contributed by atoms with Crippen LogP contribution < -0.4 is 10.6 Å². The van der Waals surface area contributed by atoms with Crippen LogP contribution in [-0.2, 0) is 14.3 Å². The molecule has 0 saturated heterocycles. The second-order valence-electron chi connectivity index (χ2n) is 5.76. The fourth-order valence-electron chi connectivity index (χ4n) is 2.29. The number of aryl methyl sites for hydroxylation is 1. The molecule has 0 atom stereocenters. The highest BCUT2D eigenvalue weighted by molar-refractivity contribution is 8.00. The van der Waals surface area contributed by atoms with Crippen LogP contribution in [0.15, 0.2) is 48.5 Å². The molecular weight excluding hydrogens is 364 g/mol. The quantitative estimate of drug-likeness (QED) is 0.679. The Hall–Kier alpha value is -2.80. The number of hydrogen-bond donors (Lipinski definition) is 2. The summed E-state index contributed by atoms with van der Waals surface area (Å²) in [6.45, 7) is 3.97. The summed E-state index contributed by atoms with van der Waals surface area (Å²) in [5.41, 5.74) is 2.68. The summed E-state index contributed by atoms with van der Waals surface area (Å²) in [7, 11) is 0. The SMILES string of the molecule is CCOC(=O)c1cccc(NC(=O)CSCC(=O)Nc2cccc(C)c2)c1. The predicted octanol–water partition coefficient (Wildman–Crippen LogP) is 3.48. The number of thioether (sulfide) groups is 1. The van der Waals surface area contributed by atoms with E-state index in [0.717, 1.165) is 11.3 Å². The van der Waals surface area contributed by atoms with Crippen molar-refractivity contribution in [3.05, 3.63) is 59.7 Å². The third-order valence-corrected chi connectivity index (χ3v) is 4.36. The Morgan fingerprint density at radius 1 is 0.926 bits per heavy atom. The molecule has 0 bridgehead atoms. The van der Waals surface area contributed by atoms with E-state index < -0.39 is 5.97 Å². The highest BCUT2D eigenvalue weighted by atomic mass is 32.2. The maximum atomic E-state index is 12.0. The van der Waals surface area contributed by atoms with Crippen LogP contribution in [0.1, 0.15) is 22.8 Å². The first-order chi connectivity index (χ1) is 13.0. The van der Waals surface area contributed by atoms with E-state index >= 15 is 0 Å². The molecule has 0 aliphatic carbocycles. The first-order valence-corrected chi connectivity index (χ1v) is 9.64. The van der Waals surface area contributed by atoms with Crippen molar-refractivity contribution in [1.29, 1.82) is 0 Å². The summed E-state index contributed by atoms with van der Waals surface area (Å²) < 4.78 is 4.94. The number of anilines is 2. The Balaban J connectivity index is 1.77. The van der Waals surface area contributed by atoms with Crippen LogP contribution in [0.3, 0.4) is 0 Å².